The molecule has 1 rings (SSSR count). The molecule has 1 heterocycles. The summed E-state index contributed by atoms with van der Waals surface area (Å²) in [5.41, 5.74) is 0. The molecular weight excluding hydrogens is 227 g/mol. The summed E-state index contributed by atoms with van der Waals surface area (Å²) in [6.07, 6.45) is 3.81. The van der Waals surface area contributed by atoms with Crippen LogP contribution in [-0.2, 0) is 0 Å². The normalized spacial score (nSPS) is 39.0. The molecule has 0 bridgehead atoms. The van der Waals surface area contributed by atoms with Crippen LogP contribution in [0.25, 0.3) is 0 Å². The lowest BCUT2D eigenvalue weighted by Gasteiger charge is -2.37. The molecule has 0 aromatic heterocycles. The third-order valence-electron chi connectivity index (χ3n) is 1.88. The third-order valence-corrected chi connectivity index (χ3v) is 3.04. The van der Waals surface area contributed by atoms with E-state index >= 15 is 0 Å². The summed E-state index contributed by atoms with van der Waals surface area (Å²) < 4.78 is 0.218. The Kier molecular flexibility index (Phi) is 2.34. The van der Waals surface area contributed by atoms with Gasteiger partial charge in [-0.3, -0.25) is 5.84 Å². The summed E-state index contributed by atoms with van der Waals surface area (Å²) in [4.78, 5) is 0. The van der Waals surface area contributed by atoms with Gasteiger partial charge < -0.3 is 0 Å². The van der Waals surface area contributed by atoms with E-state index in [1.54, 1.807) is 0 Å². The van der Waals surface area contributed by atoms with Crippen molar-refractivity contribution in [3.63, 3.8) is 0 Å². The third kappa shape index (κ3) is 1.78. The molecule has 1 aliphatic rings. The molecular formula is C6H13IN2. The lowest BCUT2D eigenvalue weighted by atomic mass is 10.1. The number of hydrogen-bond acceptors (Lipinski definition) is 2. The standard InChI is InChI=1S/C6H13IN2/c1-6(7)4-2-3-5-9(6)8/h2-5,8H2,1H3. The number of hydrogen-bond donors (Lipinski definition) is 1. The molecule has 0 aromatic carbocycles. The van der Waals surface area contributed by atoms with Crippen LogP contribution in [0.15, 0.2) is 0 Å². The van der Waals surface area contributed by atoms with Crippen LogP contribution < -0.4 is 5.84 Å². The Labute approximate surface area is 69.9 Å². The highest BCUT2D eigenvalue weighted by molar-refractivity contribution is 14.1. The van der Waals surface area contributed by atoms with Crippen molar-refractivity contribution >= 4 is 22.6 Å². The SMILES string of the molecule is CC1(I)CCCCN1N. The Morgan fingerprint density at radius 1 is 1.56 bits per heavy atom. The van der Waals surface area contributed by atoms with Crippen molar-refractivity contribution in [3.05, 3.63) is 0 Å². The van der Waals surface area contributed by atoms with Gasteiger partial charge in [0.15, 0.2) is 0 Å². The van der Waals surface area contributed by atoms with Crippen LogP contribution in [0.3, 0.4) is 0 Å². The Hall–Kier alpha value is 0.650. The first-order chi connectivity index (χ1) is 4.13. The number of rotatable bonds is 0. The Morgan fingerprint density at radius 2 is 2.22 bits per heavy atom. The highest BCUT2D eigenvalue weighted by Crippen LogP contribution is 2.30. The van der Waals surface area contributed by atoms with Crippen molar-refractivity contribution in [1.82, 2.24) is 5.01 Å². The fourth-order valence-corrected chi connectivity index (χ4v) is 1.73. The number of piperidine rings is 1. The first-order valence-corrected chi connectivity index (χ1v) is 4.42. The van der Waals surface area contributed by atoms with Crippen molar-refractivity contribution in [2.75, 3.05) is 6.54 Å². The molecule has 1 atom stereocenters. The maximum Gasteiger partial charge on any atom is 0.0833 e. The summed E-state index contributed by atoms with van der Waals surface area (Å²) in [5, 5.41) is 1.94. The summed E-state index contributed by atoms with van der Waals surface area (Å²) in [6.45, 7) is 3.24. The van der Waals surface area contributed by atoms with Crippen LogP contribution in [0.5, 0.6) is 0 Å². The fraction of sp³-hybridized carbons (Fsp3) is 1.00. The second-order valence-corrected chi connectivity index (χ2v) is 5.12. The highest BCUT2D eigenvalue weighted by atomic mass is 127. The van der Waals surface area contributed by atoms with E-state index in [0.29, 0.717) is 0 Å². The van der Waals surface area contributed by atoms with Gasteiger partial charge >= 0.3 is 0 Å². The average molecular weight is 240 g/mol. The van der Waals surface area contributed by atoms with Crippen LogP contribution in [0.1, 0.15) is 26.2 Å². The first-order valence-electron chi connectivity index (χ1n) is 3.34. The molecule has 1 unspecified atom stereocenters. The zero-order valence-corrected chi connectivity index (χ0v) is 7.89. The van der Waals surface area contributed by atoms with Crippen molar-refractivity contribution in [2.45, 2.75) is 29.7 Å². The van der Waals surface area contributed by atoms with Crippen molar-refractivity contribution < 1.29 is 0 Å². The van der Waals surface area contributed by atoms with Crippen LogP contribution in [0, 0.1) is 0 Å². The molecule has 1 fully saturated rings. The van der Waals surface area contributed by atoms with Crippen LogP contribution in [-0.4, -0.2) is 15.1 Å². The maximum atomic E-state index is 5.74. The number of halogens is 1. The molecule has 0 aromatic rings. The first kappa shape index (κ1) is 7.75. The smallest absolute Gasteiger partial charge is 0.0833 e. The van der Waals surface area contributed by atoms with Gasteiger partial charge in [0, 0.05) is 6.54 Å². The molecule has 1 saturated heterocycles. The quantitative estimate of drug-likeness (QED) is 0.301. The maximum absolute atomic E-state index is 5.74. The lowest BCUT2D eigenvalue weighted by Crippen LogP contribution is -2.49. The number of nitrogens with zero attached hydrogens (tertiary/aromatic N) is 1. The molecule has 3 heteroatoms. The summed E-state index contributed by atoms with van der Waals surface area (Å²) >= 11 is 2.42. The predicted molar refractivity (Wildman–Crippen MR) is 47.2 cm³/mol. The molecule has 0 spiro atoms. The minimum absolute atomic E-state index is 0.218. The molecule has 0 aliphatic carbocycles. The van der Waals surface area contributed by atoms with Gasteiger partial charge in [-0.05, 0) is 26.2 Å². The van der Waals surface area contributed by atoms with Gasteiger partial charge in [-0.1, -0.05) is 22.6 Å². The Balaban J connectivity index is 2.49. The molecule has 0 radical (unpaired) electrons. The average Bonchev–Trinajstić information content (AvgIpc) is 1.77. The molecule has 0 amide bonds. The van der Waals surface area contributed by atoms with E-state index in [4.69, 9.17) is 5.84 Å². The van der Waals surface area contributed by atoms with Gasteiger partial charge in [0.1, 0.15) is 0 Å². The Morgan fingerprint density at radius 3 is 2.56 bits per heavy atom. The van der Waals surface area contributed by atoms with E-state index in [-0.39, 0.29) is 3.55 Å². The van der Waals surface area contributed by atoms with Gasteiger partial charge in [-0.15, -0.1) is 0 Å². The minimum atomic E-state index is 0.218. The zero-order chi connectivity index (χ0) is 6.91. The largest absolute Gasteiger partial charge is 0.268 e. The number of alkyl halides is 1. The number of nitrogens with two attached hydrogens (primary N) is 1. The monoisotopic (exact) mass is 240 g/mol. The predicted octanol–water partition coefficient (Wildman–Crippen LogP) is 1.50. The second-order valence-electron chi connectivity index (χ2n) is 2.79. The summed E-state index contributed by atoms with van der Waals surface area (Å²) in [6, 6.07) is 0. The van der Waals surface area contributed by atoms with Crippen LogP contribution in [0.2, 0.25) is 0 Å². The van der Waals surface area contributed by atoms with Gasteiger partial charge in [-0.2, -0.15) is 0 Å². The van der Waals surface area contributed by atoms with Gasteiger partial charge in [0.2, 0.25) is 0 Å². The second kappa shape index (κ2) is 2.72. The van der Waals surface area contributed by atoms with E-state index in [9.17, 15) is 0 Å². The number of hydrazine groups is 1. The molecule has 54 valence electrons. The molecule has 1 aliphatic heterocycles. The van der Waals surface area contributed by atoms with E-state index < -0.39 is 0 Å². The fourth-order valence-electron chi connectivity index (χ4n) is 1.11. The van der Waals surface area contributed by atoms with Crippen molar-refractivity contribution in [2.24, 2.45) is 5.84 Å². The summed E-state index contributed by atoms with van der Waals surface area (Å²) in [7, 11) is 0. The van der Waals surface area contributed by atoms with Gasteiger partial charge in [0.25, 0.3) is 0 Å². The lowest BCUT2D eigenvalue weighted by molar-refractivity contribution is 0.150. The zero-order valence-electron chi connectivity index (χ0n) is 5.73. The Bertz CT molecular complexity index is 103. The minimum Gasteiger partial charge on any atom is -0.268 e. The molecule has 0 saturated carbocycles. The molecule has 2 N–H and O–H groups in total. The highest BCUT2D eigenvalue weighted by Gasteiger charge is 2.28. The van der Waals surface area contributed by atoms with Crippen LogP contribution >= 0.6 is 22.6 Å². The van der Waals surface area contributed by atoms with Crippen LogP contribution in [0.4, 0.5) is 0 Å². The van der Waals surface area contributed by atoms with E-state index in [0.717, 1.165) is 6.54 Å². The van der Waals surface area contributed by atoms with Gasteiger partial charge in [0.05, 0.1) is 3.55 Å². The van der Waals surface area contributed by atoms with Gasteiger partial charge in [-0.25, -0.2) is 5.01 Å². The van der Waals surface area contributed by atoms with Crippen molar-refractivity contribution in [3.8, 4) is 0 Å². The van der Waals surface area contributed by atoms with E-state index in [2.05, 4.69) is 29.5 Å². The van der Waals surface area contributed by atoms with E-state index in [1.165, 1.54) is 19.3 Å². The topological polar surface area (TPSA) is 29.3 Å². The van der Waals surface area contributed by atoms with E-state index in [1.807, 2.05) is 5.01 Å². The summed E-state index contributed by atoms with van der Waals surface area (Å²) in [5.74, 6) is 5.74. The van der Waals surface area contributed by atoms with Crippen molar-refractivity contribution in [1.29, 1.82) is 0 Å². The molecule has 9 heavy (non-hydrogen) atoms. The molecule has 2 nitrogen and oxygen atoms in total.